The summed E-state index contributed by atoms with van der Waals surface area (Å²) in [6.45, 7) is 2.49. The molecule has 1 heterocycles. The standard InChI is InChI=1S/C14H18N2O2/c1-2-6-16-13(17)8-11(9-14(16)18)10-4-3-5-12(15)7-10/h3-5,7,11H,2,6,8-9,15H2,1H3. The zero-order chi connectivity index (χ0) is 13.1. The minimum atomic E-state index is -0.0690. The Morgan fingerprint density at radius 2 is 1.94 bits per heavy atom. The lowest BCUT2D eigenvalue weighted by Gasteiger charge is -2.30. The van der Waals surface area contributed by atoms with Gasteiger partial charge in [-0.25, -0.2) is 0 Å². The number of imide groups is 1. The fourth-order valence-corrected chi connectivity index (χ4v) is 2.37. The van der Waals surface area contributed by atoms with Crippen LogP contribution in [0.25, 0.3) is 0 Å². The van der Waals surface area contributed by atoms with Gasteiger partial charge in [0.15, 0.2) is 0 Å². The van der Waals surface area contributed by atoms with Gasteiger partial charge in [-0.2, -0.15) is 0 Å². The average Bonchev–Trinajstić information content (AvgIpc) is 2.33. The molecule has 0 aromatic heterocycles. The van der Waals surface area contributed by atoms with E-state index >= 15 is 0 Å². The molecule has 0 unspecified atom stereocenters. The van der Waals surface area contributed by atoms with Crippen LogP contribution < -0.4 is 5.73 Å². The van der Waals surface area contributed by atoms with Crippen LogP contribution in [-0.4, -0.2) is 23.3 Å². The van der Waals surface area contributed by atoms with Gasteiger partial charge < -0.3 is 5.73 Å². The summed E-state index contributed by atoms with van der Waals surface area (Å²) < 4.78 is 0. The number of piperidine rings is 1. The van der Waals surface area contributed by atoms with Crippen LogP contribution in [0.5, 0.6) is 0 Å². The Hall–Kier alpha value is -1.84. The lowest BCUT2D eigenvalue weighted by atomic mass is 9.88. The minimum absolute atomic E-state index is 0.0263. The Labute approximate surface area is 107 Å². The van der Waals surface area contributed by atoms with Crippen LogP contribution in [0.15, 0.2) is 24.3 Å². The van der Waals surface area contributed by atoms with Gasteiger partial charge in [0.05, 0.1) is 0 Å². The van der Waals surface area contributed by atoms with E-state index in [4.69, 9.17) is 5.73 Å². The number of benzene rings is 1. The van der Waals surface area contributed by atoms with Crippen molar-refractivity contribution in [2.75, 3.05) is 12.3 Å². The minimum Gasteiger partial charge on any atom is -0.399 e. The maximum atomic E-state index is 11.9. The van der Waals surface area contributed by atoms with Crippen molar-refractivity contribution < 1.29 is 9.59 Å². The quantitative estimate of drug-likeness (QED) is 0.654. The third-order valence-corrected chi connectivity index (χ3v) is 3.27. The molecule has 4 heteroatoms. The summed E-state index contributed by atoms with van der Waals surface area (Å²) in [6.07, 6.45) is 1.60. The third-order valence-electron chi connectivity index (χ3n) is 3.27. The Morgan fingerprint density at radius 1 is 1.28 bits per heavy atom. The molecule has 1 aliphatic rings. The SMILES string of the molecule is CCCN1C(=O)CC(c2cccc(N)c2)CC1=O. The van der Waals surface area contributed by atoms with Gasteiger partial charge in [0.2, 0.25) is 11.8 Å². The molecular weight excluding hydrogens is 228 g/mol. The first-order valence-corrected chi connectivity index (χ1v) is 6.30. The average molecular weight is 246 g/mol. The van der Waals surface area contributed by atoms with E-state index in [1.165, 1.54) is 4.90 Å². The topological polar surface area (TPSA) is 63.4 Å². The number of nitrogens with two attached hydrogens (primary N) is 1. The van der Waals surface area contributed by atoms with Crippen LogP contribution >= 0.6 is 0 Å². The number of rotatable bonds is 3. The Morgan fingerprint density at radius 3 is 2.50 bits per heavy atom. The summed E-state index contributed by atoms with van der Waals surface area (Å²) in [5.74, 6) is -0.164. The van der Waals surface area contributed by atoms with E-state index in [0.717, 1.165) is 12.0 Å². The molecule has 1 aliphatic heterocycles. The van der Waals surface area contributed by atoms with E-state index in [1.807, 2.05) is 25.1 Å². The van der Waals surface area contributed by atoms with E-state index < -0.39 is 0 Å². The van der Waals surface area contributed by atoms with Gasteiger partial charge in [-0.3, -0.25) is 14.5 Å². The summed E-state index contributed by atoms with van der Waals surface area (Å²) >= 11 is 0. The molecule has 1 aromatic rings. The van der Waals surface area contributed by atoms with Crippen LogP contribution in [0.3, 0.4) is 0 Å². The van der Waals surface area contributed by atoms with Crippen molar-refractivity contribution >= 4 is 17.5 Å². The summed E-state index contributed by atoms with van der Waals surface area (Å²) in [5, 5.41) is 0. The highest BCUT2D eigenvalue weighted by Crippen LogP contribution is 2.30. The number of nitrogen functional groups attached to an aromatic ring is 1. The fourth-order valence-electron chi connectivity index (χ4n) is 2.37. The van der Waals surface area contributed by atoms with E-state index in [2.05, 4.69) is 0 Å². The highest BCUT2D eigenvalue weighted by Gasteiger charge is 2.32. The fraction of sp³-hybridized carbons (Fsp3) is 0.429. The maximum Gasteiger partial charge on any atom is 0.229 e. The van der Waals surface area contributed by atoms with Crippen molar-refractivity contribution in [3.8, 4) is 0 Å². The molecule has 0 aliphatic carbocycles. The molecule has 2 amide bonds. The number of carbonyl (C=O) groups excluding carboxylic acids is 2. The van der Waals surface area contributed by atoms with Crippen LogP contribution in [0.2, 0.25) is 0 Å². The Balaban J connectivity index is 2.15. The molecule has 18 heavy (non-hydrogen) atoms. The molecule has 1 aromatic carbocycles. The summed E-state index contributed by atoms with van der Waals surface area (Å²) in [5.41, 5.74) is 7.38. The highest BCUT2D eigenvalue weighted by atomic mass is 16.2. The van der Waals surface area contributed by atoms with Gasteiger partial charge in [0, 0.05) is 31.0 Å². The lowest BCUT2D eigenvalue weighted by Crippen LogP contribution is -2.42. The second-order valence-electron chi connectivity index (χ2n) is 4.71. The second kappa shape index (κ2) is 5.21. The molecule has 4 nitrogen and oxygen atoms in total. The summed E-state index contributed by atoms with van der Waals surface area (Å²) in [4.78, 5) is 25.3. The van der Waals surface area contributed by atoms with Crippen molar-refractivity contribution in [3.05, 3.63) is 29.8 Å². The maximum absolute atomic E-state index is 11.9. The predicted octanol–water partition coefficient (Wildman–Crippen LogP) is 1.91. The van der Waals surface area contributed by atoms with E-state index in [9.17, 15) is 9.59 Å². The largest absolute Gasteiger partial charge is 0.399 e. The molecule has 1 fully saturated rings. The Bertz CT molecular complexity index is 453. The van der Waals surface area contributed by atoms with E-state index in [1.54, 1.807) is 6.07 Å². The van der Waals surface area contributed by atoms with Gasteiger partial charge in [-0.15, -0.1) is 0 Å². The molecule has 0 spiro atoms. The number of nitrogens with zero attached hydrogens (tertiary/aromatic N) is 1. The van der Waals surface area contributed by atoms with Crippen LogP contribution in [0, 0.1) is 0 Å². The van der Waals surface area contributed by atoms with Gasteiger partial charge >= 0.3 is 0 Å². The van der Waals surface area contributed by atoms with E-state index in [0.29, 0.717) is 25.1 Å². The molecule has 0 bridgehead atoms. The zero-order valence-corrected chi connectivity index (χ0v) is 10.6. The number of likely N-dealkylation sites (tertiary alicyclic amines) is 1. The molecule has 0 saturated carbocycles. The second-order valence-corrected chi connectivity index (χ2v) is 4.71. The van der Waals surface area contributed by atoms with E-state index in [-0.39, 0.29) is 17.7 Å². The monoisotopic (exact) mass is 246 g/mol. The van der Waals surface area contributed by atoms with Crippen molar-refractivity contribution in [2.24, 2.45) is 0 Å². The first-order chi connectivity index (χ1) is 8.61. The molecule has 1 saturated heterocycles. The van der Waals surface area contributed by atoms with Gasteiger partial charge in [0.25, 0.3) is 0 Å². The van der Waals surface area contributed by atoms with Crippen LogP contribution in [-0.2, 0) is 9.59 Å². The zero-order valence-electron chi connectivity index (χ0n) is 10.6. The lowest BCUT2D eigenvalue weighted by molar-refractivity contribution is -0.148. The normalized spacial score (nSPS) is 17.3. The first-order valence-electron chi connectivity index (χ1n) is 6.30. The smallest absolute Gasteiger partial charge is 0.229 e. The number of carbonyl (C=O) groups is 2. The van der Waals surface area contributed by atoms with Gasteiger partial charge in [-0.05, 0) is 24.1 Å². The molecular formula is C14H18N2O2. The molecule has 2 N–H and O–H groups in total. The first kappa shape index (κ1) is 12.6. The molecule has 0 radical (unpaired) electrons. The Kier molecular flexibility index (Phi) is 3.65. The molecule has 0 atom stereocenters. The predicted molar refractivity (Wildman–Crippen MR) is 69.8 cm³/mol. The molecule has 2 rings (SSSR count). The summed E-state index contributed by atoms with van der Waals surface area (Å²) in [6, 6.07) is 7.44. The van der Waals surface area contributed by atoms with Gasteiger partial charge in [-0.1, -0.05) is 19.1 Å². The highest BCUT2D eigenvalue weighted by molar-refractivity contribution is 5.98. The summed E-state index contributed by atoms with van der Waals surface area (Å²) in [7, 11) is 0. The molecule has 96 valence electrons. The van der Waals surface area contributed by atoms with Crippen molar-refractivity contribution in [2.45, 2.75) is 32.1 Å². The number of anilines is 1. The number of amides is 2. The van der Waals surface area contributed by atoms with Crippen LogP contribution in [0.4, 0.5) is 5.69 Å². The number of hydrogen-bond donors (Lipinski definition) is 1. The van der Waals surface area contributed by atoms with Crippen molar-refractivity contribution in [1.82, 2.24) is 4.90 Å². The van der Waals surface area contributed by atoms with Crippen LogP contribution in [0.1, 0.15) is 37.7 Å². The number of hydrogen-bond acceptors (Lipinski definition) is 3. The van der Waals surface area contributed by atoms with Crippen molar-refractivity contribution in [1.29, 1.82) is 0 Å². The van der Waals surface area contributed by atoms with Gasteiger partial charge in [0.1, 0.15) is 0 Å². The van der Waals surface area contributed by atoms with Crippen molar-refractivity contribution in [3.63, 3.8) is 0 Å². The third kappa shape index (κ3) is 2.53.